The van der Waals surface area contributed by atoms with Crippen LogP contribution in [0.1, 0.15) is 91.9 Å². The van der Waals surface area contributed by atoms with Crippen LogP contribution in [0.25, 0.3) is 0 Å². The van der Waals surface area contributed by atoms with Gasteiger partial charge in [0.25, 0.3) is 0 Å². The molecule has 44 heavy (non-hydrogen) atoms. The molecule has 6 N–H and O–H groups in total. The van der Waals surface area contributed by atoms with Crippen molar-refractivity contribution in [1.82, 2.24) is 0 Å². The third-order valence-electron chi connectivity index (χ3n) is 12.9. The molecule has 256 valence electrons. The molecule has 0 aromatic carbocycles. The smallest absolute Gasteiger partial charge is 0.396 e. The highest BCUT2D eigenvalue weighted by atomic mass is 32.3. The molecule has 0 amide bonds. The number of hydrogen-bond acceptors (Lipinski definition) is 10. The third kappa shape index (κ3) is 6.51. The molecule has 0 radical (unpaired) electrons. The maximum Gasteiger partial charge on any atom is 0.397 e. The first-order valence-corrected chi connectivity index (χ1v) is 18.2. The molecule has 1 saturated heterocycles. The first-order valence-electron chi connectivity index (χ1n) is 16.9. The van der Waals surface area contributed by atoms with E-state index in [1.54, 1.807) is 0 Å². The van der Waals surface area contributed by atoms with E-state index in [0.717, 1.165) is 32.1 Å². The Kier molecular flexibility index (Phi) is 10.5. The zero-order valence-electron chi connectivity index (χ0n) is 26.7. The molecule has 5 fully saturated rings. The lowest BCUT2D eigenvalue weighted by Crippen LogP contribution is -2.63. The Hall–Kier alpha value is -0.410. The van der Waals surface area contributed by atoms with Crippen molar-refractivity contribution in [1.29, 1.82) is 0 Å². The van der Waals surface area contributed by atoms with Gasteiger partial charge < -0.3 is 35.0 Å². The molecule has 0 aromatic heterocycles. The van der Waals surface area contributed by atoms with Crippen LogP contribution in [0.4, 0.5) is 0 Å². The van der Waals surface area contributed by atoms with Crippen molar-refractivity contribution in [2.75, 3.05) is 13.2 Å². The highest BCUT2D eigenvalue weighted by Crippen LogP contribution is 2.69. The molecule has 11 nitrogen and oxygen atoms in total. The Bertz CT molecular complexity index is 1090. The molecule has 0 bridgehead atoms. The fourth-order valence-corrected chi connectivity index (χ4v) is 11.3. The standard InChI is InChI=1S/C32H56O11S/c1-17(2)6-5-7-18(15-33)21-8-9-22-20-13-25(34)24-12-19(43-44(38,39)40)10-11-31(24,3)23(20)14-27(32(21,22)4)42-30-29(37)28(36)26(35)16-41-30/h17-30,33-37H,5-16H2,1-4H3,(H,38,39,40). The Morgan fingerprint density at radius 1 is 0.909 bits per heavy atom. The minimum atomic E-state index is -4.61. The molecule has 15 unspecified atom stereocenters. The first-order chi connectivity index (χ1) is 20.6. The van der Waals surface area contributed by atoms with Gasteiger partial charge in [-0.2, -0.15) is 8.42 Å². The number of aliphatic hydroxyl groups excluding tert-OH is 5. The van der Waals surface area contributed by atoms with E-state index in [9.17, 15) is 38.5 Å². The predicted molar refractivity (Wildman–Crippen MR) is 160 cm³/mol. The molecule has 15 atom stereocenters. The lowest BCUT2D eigenvalue weighted by molar-refractivity contribution is -0.312. The van der Waals surface area contributed by atoms with E-state index in [1.807, 2.05) is 0 Å². The zero-order valence-corrected chi connectivity index (χ0v) is 27.5. The molecule has 4 aliphatic carbocycles. The summed E-state index contributed by atoms with van der Waals surface area (Å²) in [6, 6.07) is 0. The lowest BCUT2D eigenvalue weighted by Gasteiger charge is -2.64. The van der Waals surface area contributed by atoms with Crippen molar-refractivity contribution >= 4 is 10.4 Å². The minimum Gasteiger partial charge on any atom is -0.396 e. The maximum atomic E-state index is 11.6. The molecule has 0 aromatic rings. The summed E-state index contributed by atoms with van der Waals surface area (Å²) in [6.07, 6.45) is 0.644. The normalized spacial score (nSPS) is 48.4. The molecule has 0 spiro atoms. The summed E-state index contributed by atoms with van der Waals surface area (Å²) in [7, 11) is -4.61. The summed E-state index contributed by atoms with van der Waals surface area (Å²) in [5, 5.41) is 53.6. The molecule has 1 aliphatic heterocycles. The van der Waals surface area contributed by atoms with Crippen LogP contribution in [0.15, 0.2) is 0 Å². The Morgan fingerprint density at radius 3 is 2.30 bits per heavy atom. The van der Waals surface area contributed by atoms with Crippen molar-refractivity contribution in [3.8, 4) is 0 Å². The summed E-state index contributed by atoms with van der Waals surface area (Å²) >= 11 is 0. The average molecular weight is 649 g/mol. The van der Waals surface area contributed by atoms with Crippen LogP contribution >= 0.6 is 0 Å². The predicted octanol–water partition coefficient (Wildman–Crippen LogP) is 2.67. The van der Waals surface area contributed by atoms with Crippen LogP contribution < -0.4 is 0 Å². The Balaban J connectivity index is 1.46. The van der Waals surface area contributed by atoms with E-state index >= 15 is 0 Å². The van der Waals surface area contributed by atoms with Crippen LogP contribution in [0.5, 0.6) is 0 Å². The largest absolute Gasteiger partial charge is 0.397 e. The minimum absolute atomic E-state index is 0.0803. The van der Waals surface area contributed by atoms with Gasteiger partial charge in [-0.1, -0.05) is 40.5 Å². The highest BCUT2D eigenvalue weighted by Gasteiger charge is 2.66. The zero-order chi connectivity index (χ0) is 32.2. The Morgan fingerprint density at radius 2 is 1.64 bits per heavy atom. The van der Waals surface area contributed by atoms with Crippen molar-refractivity contribution in [2.45, 2.75) is 135 Å². The fourth-order valence-electron chi connectivity index (χ4n) is 10.7. The van der Waals surface area contributed by atoms with Crippen molar-refractivity contribution in [3.63, 3.8) is 0 Å². The topological polar surface area (TPSA) is 183 Å². The lowest BCUT2D eigenvalue weighted by atomic mass is 9.43. The van der Waals surface area contributed by atoms with Crippen LogP contribution in [0, 0.1) is 52.3 Å². The van der Waals surface area contributed by atoms with E-state index in [0.29, 0.717) is 38.0 Å². The van der Waals surface area contributed by atoms with Gasteiger partial charge in [-0.3, -0.25) is 4.55 Å². The van der Waals surface area contributed by atoms with Crippen LogP contribution in [0.2, 0.25) is 0 Å². The van der Waals surface area contributed by atoms with Crippen molar-refractivity contribution in [2.24, 2.45) is 52.3 Å². The van der Waals surface area contributed by atoms with Gasteiger partial charge in [-0.15, -0.1) is 0 Å². The van der Waals surface area contributed by atoms with E-state index in [2.05, 4.69) is 27.7 Å². The van der Waals surface area contributed by atoms with Gasteiger partial charge in [0.15, 0.2) is 6.29 Å². The van der Waals surface area contributed by atoms with Gasteiger partial charge in [0, 0.05) is 12.0 Å². The maximum absolute atomic E-state index is 11.6. The average Bonchev–Trinajstić information content (AvgIpc) is 3.30. The summed E-state index contributed by atoms with van der Waals surface area (Å²) in [4.78, 5) is 0. The van der Waals surface area contributed by atoms with Gasteiger partial charge in [-0.25, -0.2) is 4.18 Å². The number of ether oxygens (including phenoxy) is 2. The monoisotopic (exact) mass is 648 g/mol. The van der Waals surface area contributed by atoms with E-state index < -0.39 is 47.2 Å². The molecular formula is C32H56O11S. The van der Waals surface area contributed by atoms with E-state index in [-0.39, 0.29) is 65.7 Å². The molecule has 5 aliphatic rings. The van der Waals surface area contributed by atoms with Gasteiger partial charge in [0.2, 0.25) is 0 Å². The highest BCUT2D eigenvalue weighted by molar-refractivity contribution is 7.80. The molecule has 1 heterocycles. The van der Waals surface area contributed by atoms with Gasteiger partial charge in [0.1, 0.15) is 18.3 Å². The third-order valence-corrected chi connectivity index (χ3v) is 13.5. The Labute approximate surface area is 262 Å². The number of rotatable bonds is 10. The first kappa shape index (κ1) is 34.9. The summed E-state index contributed by atoms with van der Waals surface area (Å²) < 4.78 is 49.7. The summed E-state index contributed by atoms with van der Waals surface area (Å²) in [5.74, 6) is 1.12. The fraction of sp³-hybridized carbons (Fsp3) is 1.00. The molecular weight excluding hydrogens is 592 g/mol. The number of fused-ring (bicyclic) bond motifs is 5. The summed E-state index contributed by atoms with van der Waals surface area (Å²) in [5.41, 5.74) is -0.720. The quantitative estimate of drug-likeness (QED) is 0.151. The van der Waals surface area contributed by atoms with E-state index in [4.69, 9.17) is 13.7 Å². The van der Waals surface area contributed by atoms with Gasteiger partial charge in [-0.05, 0) is 98.2 Å². The number of aliphatic hydroxyl groups is 5. The van der Waals surface area contributed by atoms with Gasteiger partial charge in [0.05, 0.1) is 24.9 Å². The van der Waals surface area contributed by atoms with E-state index in [1.165, 1.54) is 0 Å². The number of hydrogen-bond donors (Lipinski definition) is 6. The van der Waals surface area contributed by atoms with Crippen molar-refractivity contribution in [3.05, 3.63) is 0 Å². The second kappa shape index (κ2) is 13.2. The molecule has 5 rings (SSSR count). The van der Waals surface area contributed by atoms with Crippen LogP contribution in [-0.2, 0) is 24.1 Å². The van der Waals surface area contributed by atoms with Crippen LogP contribution in [0.3, 0.4) is 0 Å². The SMILES string of the molecule is CC(C)CCCC(CO)C1CCC2C3CC(O)C4CC(OS(=O)(=O)O)CCC4(C)C3CC(OC3OCC(O)C(O)C3O)C12C. The molecule has 4 saturated carbocycles. The van der Waals surface area contributed by atoms with Crippen molar-refractivity contribution < 1.29 is 52.2 Å². The van der Waals surface area contributed by atoms with Crippen LogP contribution in [-0.4, -0.2) is 94.6 Å². The summed E-state index contributed by atoms with van der Waals surface area (Å²) in [6.45, 7) is 8.77. The second-order valence-electron chi connectivity index (χ2n) is 15.6. The second-order valence-corrected chi connectivity index (χ2v) is 16.7. The molecule has 12 heteroatoms. The van der Waals surface area contributed by atoms with Gasteiger partial charge >= 0.3 is 10.4 Å².